The molecule has 4 nitrogen and oxygen atoms in total. The zero-order chi connectivity index (χ0) is 9.07. The van der Waals surface area contributed by atoms with Crippen molar-refractivity contribution in [2.24, 2.45) is 5.14 Å². The van der Waals surface area contributed by atoms with Gasteiger partial charge in [0.2, 0.25) is 10.0 Å². The Balaban J connectivity index is 3.80. The molecule has 5 heteroatoms. The summed E-state index contributed by atoms with van der Waals surface area (Å²) >= 11 is 0. The van der Waals surface area contributed by atoms with Crippen molar-refractivity contribution < 1.29 is 8.42 Å². The Morgan fingerprint density at radius 3 is 2.09 bits per heavy atom. The molecule has 0 aliphatic heterocycles. The fraction of sp³-hybridized carbons (Fsp3) is 1.00. The summed E-state index contributed by atoms with van der Waals surface area (Å²) in [6.07, 6.45) is 0. The lowest BCUT2D eigenvalue weighted by atomic mass is 10.3. The molecule has 68 valence electrons. The standard InChI is InChI=1S/C6H16N2O2S/c1-5(2)8-6(3)4-11(7,9)10/h5-6,8H,4H2,1-3H3,(H2,7,9,10). The second-order valence-electron chi connectivity index (χ2n) is 3.05. The van der Waals surface area contributed by atoms with Gasteiger partial charge in [-0.1, -0.05) is 13.8 Å². The summed E-state index contributed by atoms with van der Waals surface area (Å²) in [5, 5.41) is 7.88. The van der Waals surface area contributed by atoms with Crippen molar-refractivity contribution in [1.29, 1.82) is 0 Å². The summed E-state index contributed by atoms with van der Waals surface area (Å²) in [6.45, 7) is 5.71. The van der Waals surface area contributed by atoms with Gasteiger partial charge in [-0.15, -0.1) is 0 Å². The maximum Gasteiger partial charge on any atom is 0.210 e. The Kier molecular flexibility index (Phi) is 3.99. The van der Waals surface area contributed by atoms with Crippen LogP contribution in [0.15, 0.2) is 0 Å². The zero-order valence-corrected chi connectivity index (χ0v) is 7.98. The third-order valence-electron chi connectivity index (χ3n) is 1.10. The average Bonchev–Trinajstić information content (AvgIpc) is 1.53. The molecule has 0 aliphatic carbocycles. The average molecular weight is 180 g/mol. The minimum absolute atomic E-state index is 0.00875. The molecular formula is C6H16N2O2S. The van der Waals surface area contributed by atoms with Crippen molar-refractivity contribution in [3.05, 3.63) is 0 Å². The number of nitrogens with two attached hydrogens (primary N) is 1. The quantitative estimate of drug-likeness (QED) is 0.622. The number of sulfonamides is 1. The Morgan fingerprint density at radius 1 is 1.36 bits per heavy atom. The summed E-state index contributed by atoms with van der Waals surface area (Å²) in [5.41, 5.74) is 0. The number of nitrogens with one attached hydrogen (secondary N) is 1. The van der Waals surface area contributed by atoms with Gasteiger partial charge in [0.25, 0.3) is 0 Å². The highest BCUT2D eigenvalue weighted by atomic mass is 32.2. The lowest BCUT2D eigenvalue weighted by Gasteiger charge is -2.14. The van der Waals surface area contributed by atoms with E-state index in [4.69, 9.17) is 5.14 Å². The molecular weight excluding hydrogens is 164 g/mol. The van der Waals surface area contributed by atoms with Crippen LogP contribution in [0.25, 0.3) is 0 Å². The molecule has 0 aliphatic rings. The molecule has 0 fully saturated rings. The Hall–Kier alpha value is -0.130. The summed E-state index contributed by atoms with van der Waals surface area (Å²) in [4.78, 5) is 0. The maximum atomic E-state index is 10.6. The highest BCUT2D eigenvalue weighted by Gasteiger charge is 2.10. The molecule has 0 amide bonds. The van der Waals surface area contributed by atoms with Gasteiger partial charge in [0, 0.05) is 12.1 Å². The van der Waals surface area contributed by atoms with Crippen molar-refractivity contribution in [3.8, 4) is 0 Å². The van der Waals surface area contributed by atoms with Crippen LogP contribution in [0.1, 0.15) is 20.8 Å². The van der Waals surface area contributed by atoms with E-state index < -0.39 is 10.0 Å². The fourth-order valence-corrected chi connectivity index (χ4v) is 1.76. The van der Waals surface area contributed by atoms with Crippen LogP contribution in [0.5, 0.6) is 0 Å². The van der Waals surface area contributed by atoms with E-state index >= 15 is 0 Å². The molecule has 0 spiro atoms. The summed E-state index contributed by atoms with van der Waals surface area (Å²) in [6, 6.07) is 0.205. The summed E-state index contributed by atoms with van der Waals surface area (Å²) < 4.78 is 21.1. The number of rotatable bonds is 4. The van der Waals surface area contributed by atoms with Gasteiger partial charge in [0.15, 0.2) is 0 Å². The minimum Gasteiger partial charge on any atom is -0.311 e. The molecule has 1 atom stereocenters. The van der Waals surface area contributed by atoms with E-state index in [0.29, 0.717) is 0 Å². The van der Waals surface area contributed by atoms with E-state index in [1.807, 2.05) is 13.8 Å². The first-order valence-electron chi connectivity index (χ1n) is 3.58. The minimum atomic E-state index is -3.33. The number of hydrogen-bond donors (Lipinski definition) is 2. The van der Waals surface area contributed by atoms with Crippen molar-refractivity contribution in [1.82, 2.24) is 5.32 Å². The predicted octanol–water partition coefficient (Wildman–Crippen LogP) is -0.339. The zero-order valence-electron chi connectivity index (χ0n) is 7.16. The number of hydrogen-bond acceptors (Lipinski definition) is 3. The second kappa shape index (κ2) is 4.04. The molecule has 0 radical (unpaired) electrons. The first-order valence-corrected chi connectivity index (χ1v) is 5.29. The van der Waals surface area contributed by atoms with Gasteiger partial charge in [-0.25, -0.2) is 13.6 Å². The van der Waals surface area contributed by atoms with Gasteiger partial charge in [-0.3, -0.25) is 0 Å². The van der Waals surface area contributed by atoms with Crippen LogP contribution in [0.4, 0.5) is 0 Å². The predicted molar refractivity (Wildman–Crippen MR) is 45.7 cm³/mol. The van der Waals surface area contributed by atoms with E-state index in [-0.39, 0.29) is 17.8 Å². The highest BCUT2D eigenvalue weighted by Crippen LogP contribution is 1.89. The molecule has 0 rings (SSSR count). The third kappa shape index (κ3) is 7.77. The molecule has 3 N–H and O–H groups in total. The molecule has 11 heavy (non-hydrogen) atoms. The van der Waals surface area contributed by atoms with Crippen LogP contribution in [0, 0.1) is 0 Å². The topological polar surface area (TPSA) is 72.2 Å². The fourth-order valence-electron chi connectivity index (χ4n) is 0.966. The molecule has 0 saturated heterocycles. The third-order valence-corrected chi connectivity index (χ3v) is 2.06. The van der Waals surface area contributed by atoms with E-state index in [9.17, 15) is 8.42 Å². The first-order chi connectivity index (χ1) is 4.81. The van der Waals surface area contributed by atoms with Crippen molar-refractivity contribution >= 4 is 10.0 Å². The van der Waals surface area contributed by atoms with E-state index in [1.54, 1.807) is 6.92 Å². The van der Waals surface area contributed by atoms with E-state index in [1.165, 1.54) is 0 Å². The van der Waals surface area contributed by atoms with Gasteiger partial charge in [0.05, 0.1) is 5.75 Å². The van der Waals surface area contributed by atoms with Gasteiger partial charge >= 0.3 is 0 Å². The largest absolute Gasteiger partial charge is 0.311 e. The van der Waals surface area contributed by atoms with Crippen molar-refractivity contribution in [2.75, 3.05) is 5.75 Å². The Morgan fingerprint density at radius 2 is 1.82 bits per heavy atom. The first kappa shape index (κ1) is 10.9. The lowest BCUT2D eigenvalue weighted by Crippen LogP contribution is -2.39. The van der Waals surface area contributed by atoms with Crippen LogP contribution >= 0.6 is 0 Å². The molecule has 0 aromatic rings. The normalized spacial score (nSPS) is 15.4. The number of primary sulfonamides is 1. The summed E-state index contributed by atoms with van der Waals surface area (Å²) in [5.74, 6) is -0.00875. The van der Waals surface area contributed by atoms with Gasteiger partial charge in [-0.05, 0) is 6.92 Å². The van der Waals surface area contributed by atoms with Crippen LogP contribution in [-0.2, 0) is 10.0 Å². The van der Waals surface area contributed by atoms with Crippen LogP contribution in [-0.4, -0.2) is 26.3 Å². The Bertz CT molecular complexity index is 199. The molecule has 0 aromatic heterocycles. The lowest BCUT2D eigenvalue weighted by molar-refractivity contribution is 0.510. The molecule has 1 unspecified atom stereocenters. The van der Waals surface area contributed by atoms with Crippen molar-refractivity contribution in [2.45, 2.75) is 32.9 Å². The monoisotopic (exact) mass is 180 g/mol. The van der Waals surface area contributed by atoms with Crippen molar-refractivity contribution in [3.63, 3.8) is 0 Å². The highest BCUT2D eigenvalue weighted by molar-refractivity contribution is 7.89. The molecule has 0 bridgehead atoms. The smallest absolute Gasteiger partial charge is 0.210 e. The van der Waals surface area contributed by atoms with Crippen LogP contribution in [0.2, 0.25) is 0 Å². The van der Waals surface area contributed by atoms with Crippen LogP contribution in [0.3, 0.4) is 0 Å². The van der Waals surface area contributed by atoms with Crippen LogP contribution < -0.4 is 10.5 Å². The maximum absolute atomic E-state index is 10.6. The molecule has 0 saturated carbocycles. The summed E-state index contributed by atoms with van der Waals surface area (Å²) in [7, 11) is -3.33. The van der Waals surface area contributed by atoms with Gasteiger partial charge in [-0.2, -0.15) is 0 Å². The van der Waals surface area contributed by atoms with Gasteiger partial charge in [0.1, 0.15) is 0 Å². The SMILES string of the molecule is CC(C)NC(C)CS(N)(=O)=O. The molecule has 0 aromatic carbocycles. The second-order valence-corrected chi connectivity index (χ2v) is 4.71. The van der Waals surface area contributed by atoms with E-state index in [0.717, 1.165) is 0 Å². The molecule has 0 heterocycles. The Labute approximate surface area is 68.2 Å². The van der Waals surface area contributed by atoms with E-state index in [2.05, 4.69) is 5.32 Å². The van der Waals surface area contributed by atoms with Gasteiger partial charge < -0.3 is 5.32 Å².